The van der Waals surface area contributed by atoms with Crippen LogP contribution in [-0.2, 0) is 11.3 Å². The van der Waals surface area contributed by atoms with E-state index in [9.17, 15) is 4.79 Å². The van der Waals surface area contributed by atoms with Crippen molar-refractivity contribution in [3.8, 4) is 0 Å². The summed E-state index contributed by atoms with van der Waals surface area (Å²) in [5.41, 5.74) is 3.01. The molecule has 5 rings (SSSR count). The molecule has 3 heterocycles. The molecule has 164 valence electrons. The highest BCUT2D eigenvalue weighted by molar-refractivity contribution is 5.91. The van der Waals surface area contributed by atoms with Gasteiger partial charge in [0.2, 0.25) is 0 Å². The van der Waals surface area contributed by atoms with Gasteiger partial charge in [0, 0.05) is 31.5 Å². The number of benzene rings is 1. The highest BCUT2D eigenvalue weighted by atomic mass is 16.5. The lowest BCUT2D eigenvalue weighted by Crippen LogP contribution is -2.35. The Bertz CT molecular complexity index is 1100. The Morgan fingerprint density at radius 3 is 2.87 bits per heavy atom. The van der Waals surface area contributed by atoms with Crippen molar-refractivity contribution < 1.29 is 4.74 Å². The highest BCUT2D eigenvalue weighted by Crippen LogP contribution is 2.36. The van der Waals surface area contributed by atoms with Crippen LogP contribution in [0, 0.1) is 5.92 Å². The molecular weight excluding hydrogens is 390 g/mol. The van der Waals surface area contributed by atoms with Gasteiger partial charge in [-0.2, -0.15) is 5.10 Å². The zero-order valence-corrected chi connectivity index (χ0v) is 18.1. The lowest BCUT2D eigenvalue weighted by atomic mass is 9.86. The number of anilines is 2. The van der Waals surface area contributed by atoms with Crippen LogP contribution < -0.4 is 10.9 Å². The van der Waals surface area contributed by atoms with Crippen LogP contribution in [0.25, 0.3) is 10.9 Å². The Balaban J connectivity index is 1.45. The van der Waals surface area contributed by atoms with Gasteiger partial charge in [-0.25, -0.2) is 0 Å². The first kappa shape index (κ1) is 20.3. The van der Waals surface area contributed by atoms with Gasteiger partial charge >= 0.3 is 0 Å². The Kier molecular flexibility index (Phi) is 5.78. The molecule has 7 nitrogen and oxygen atoms in total. The fraction of sp³-hybridized carbons (Fsp3) is 0.500. The van der Waals surface area contributed by atoms with Gasteiger partial charge < -0.3 is 15.0 Å². The fourth-order valence-electron chi connectivity index (χ4n) is 5.00. The quantitative estimate of drug-likeness (QED) is 0.650. The first-order valence-corrected chi connectivity index (χ1v) is 11.4. The second-order valence-electron chi connectivity index (χ2n) is 8.90. The largest absolute Gasteiger partial charge is 0.379 e. The molecule has 2 atom stereocenters. The summed E-state index contributed by atoms with van der Waals surface area (Å²) in [5.74, 6) is 1.19. The van der Waals surface area contributed by atoms with Crippen molar-refractivity contribution in [3.63, 3.8) is 0 Å². The van der Waals surface area contributed by atoms with E-state index in [1.165, 1.54) is 24.8 Å². The Labute approximate surface area is 182 Å². The maximum Gasteiger partial charge on any atom is 0.261 e. The van der Waals surface area contributed by atoms with E-state index in [0.29, 0.717) is 23.2 Å². The molecule has 0 spiro atoms. The number of nitrogens with one attached hydrogen (secondary N) is 2. The summed E-state index contributed by atoms with van der Waals surface area (Å²) < 4.78 is 7.55. The summed E-state index contributed by atoms with van der Waals surface area (Å²) in [4.78, 5) is 18.0. The summed E-state index contributed by atoms with van der Waals surface area (Å²) in [6, 6.07) is 10.7. The van der Waals surface area contributed by atoms with Crippen LogP contribution in [0.15, 0.2) is 41.3 Å². The van der Waals surface area contributed by atoms with Crippen molar-refractivity contribution in [1.29, 1.82) is 0 Å². The summed E-state index contributed by atoms with van der Waals surface area (Å²) in [6.07, 6.45) is 6.54. The van der Waals surface area contributed by atoms with E-state index in [2.05, 4.69) is 45.0 Å². The molecule has 0 amide bonds. The third kappa shape index (κ3) is 4.25. The average molecular weight is 422 g/mol. The molecule has 2 aromatic heterocycles. The number of ether oxygens (including phenoxy) is 1. The smallest absolute Gasteiger partial charge is 0.261 e. The van der Waals surface area contributed by atoms with Crippen LogP contribution in [0.2, 0.25) is 0 Å². The van der Waals surface area contributed by atoms with Crippen LogP contribution in [-0.4, -0.2) is 46.0 Å². The summed E-state index contributed by atoms with van der Waals surface area (Å²) >= 11 is 0. The number of morpholine rings is 1. The van der Waals surface area contributed by atoms with Crippen molar-refractivity contribution in [3.05, 3.63) is 52.4 Å². The van der Waals surface area contributed by atoms with Gasteiger partial charge in [-0.1, -0.05) is 31.9 Å². The van der Waals surface area contributed by atoms with Gasteiger partial charge in [0.15, 0.2) is 5.82 Å². The Morgan fingerprint density at radius 2 is 2.03 bits per heavy atom. The second-order valence-corrected chi connectivity index (χ2v) is 8.90. The molecule has 0 radical (unpaired) electrons. The molecule has 3 aromatic rings. The number of H-pyrrole nitrogens is 1. The van der Waals surface area contributed by atoms with Gasteiger partial charge in [0.1, 0.15) is 5.39 Å². The summed E-state index contributed by atoms with van der Waals surface area (Å²) in [7, 11) is 0. The fourth-order valence-corrected chi connectivity index (χ4v) is 5.00. The molecule has 1 saturated carbocycles. The number of hydrogen-bond donors (Lipinski definition) is 2. The number of hydrogen-bond acceptors (Lipinski definition) is 5. The lowest BCUT2D eigenvalue weighted by molar-refractivity contribution is 0.0342. The first-order chi connectivity index (χ1) is 15.2. The number of rotatable bonds is 5. The van der Waals surface area contributed by atoms with E-state index >= 15 is 0 Å². The van der Waals surface area contributed by atoms with E-state index in [1.807, 2.05) is 12.1 Å². The minimum absolute atomic E-state index is 0.0980. The second kappa shape index (κ2) is 8.85. The van der Waals surface area contributed by atoms with Gasteiger partial charge in [-0.05, 0) is 42.5 Å². The molecule has 2 N–H and O–H groups in total. The van der Waals surface area contributed by atoms with Gasteiger partial charge in [-0.15, -0.1) is 0 Å². The molecule has 0 bridgehead atoms. The predicted molar refractivity (Wildman–Crippen MR) is 123 cm³/mol. The molecule has 1 saturated heterocycles. The van der Waals surface area contributed by atoms with Crippen molar-refractivity contribution in [2.75, 3.05) is 31.6 Å². The van der Waals surface area contributed by atoms with Crippen LogP contribution in [0.3, 0.4) is 0 Å². The molecule has 2 aliphatic rings. The summed E-state index contributed by atoms with van der Waals surface area (Å²) in [6.45, 7) is 6.71. The van der Waals surface area contributed by atoms with Crippen molar-refractivity contribution in [2.24, 2.45) is 5.92 Å². The van der Waals surface area contributed by atoms with Crippen LogP contribution in [0.1, 0.15) is 44.2 Å². The van der Waals surface area contributed by atoms with Crippen LogP contribution in [0.4, 0.5) is 11.5 Å². The molecule has 1 aliphatic carbocycles. The standard InChI is InChI=1S/C24H31N5O2/c1-17-5-2-3-8-20(17)29-21-9-10-25-24(30)22(21)23(27-29)26-19-7-4-6-18(15-19)16-28-11-13-31-14-12-28/h4,6-7,9-10,15,17,20H,2-3,5,8,11-14,16H2,1H3,(H,25,30)(H,26,27). The molecular formula is C24H31N5O2. The zero-order valence-electron chi connectivity index (χ0n) is 18.1. The number of pyridine rings is 1. The number of nitrogens with zero attached hydrogens (tertiary/aromatic N) is 3. The van der Waals surface area contributed by atoms with E-state index in [0.717, 1.165) is 50.5 Å². The molecule has 2 fully saturated rings. The topological polar surface area (TPSA) is 75.2 Å². The molecule has 1 aliphatic heterocycles. The average Bonchev–Trinajstić information content (AvgIpc) is 3.14. The van der Waals surface area contributed by atoms with E-state index in [4.69, 9.17) is 9.84 Å². The van der Waals surface area contributed by atoms with E-state index in [-0.39, 0.29) is 5.56 Å². The monoisotopic (exact) mass is 421 g/mol. The normalized spacial score (nSPS) is 22.6. The lowest BCUT2D eigenvalue weighted by Gasteiger charge is -2.29. The number of fused-ring (bicyclic) bond motifs is 1. The zero-order chi connectivity index (χ0) is 21.2. The third-order valence-electron chi connectivity index (χ3n) is 6.71. The maximum absolute atomic E-state index is 12.7. The highest BCUT2D eigenvalue weighted by Gasteiger charge is 2.27. The Hall–Kier alpha value is -2.64. The number of aromatic nitrogens is 3. The first-order valence-electron chi connectivity index (χ1n) is 11.4. The van der Waals surface area contributed by atoms with Gasteiger partial charge in [-0.3, -0.25) is 14.4 Å². The maximum atomic E-state index is 12.7. The minimum Gasteiger partial charge on any atom is -0.379 e. The number of aromatic amines is 1. The van der Waals surface area contributed by atoms with Crippen molar-refractivity contribution >= 4 is 22.4 Å². The van der Waals surface area contributed by atoms with Crippen molar-refractivity contribution in [1.82, 2.24) is 19.7 Å². The van der Waals surface area contributed by atoms with E-state index in [1.54, 1.807) is 6.20 Å². The molecule has 31 heavy (non-hydrogen) atoms. The minimum atomic E-state index is -0.0980. The van der Waals surface area contributed by atoms with Crippen molar-refractivity contribution in [2.45, 2.75) is 45.2 Å². The van der Waals surface area contributed by atoms with Crippen LogP contribution >= 0.6 is 0 Å². The summed E-state index contributed by atoms with van der Waals surface area (Å²) in [5, 5.41) is 9.01. The molecule has 7 heteroatoms. The van der Waals surface area contributed by atoms with Gasteiger partial charge in [0.05, 0.1) is 24.8 Å². The third-order valence-corrected chi connectivity index (χ3v) is 6.71. The Morgan fingerprint density at radius 1 is 1.19 bits per heavy atom. The van der Waals surface area contributed by atoms with E-state index < -0.39 is 0 Å². The van der Waals surface area contributed by atoms with Gasteiger partial charge in [0.25, 0.3) is 5.56 Å². The van der Waals surface area contributed by atoms with Crippen LogP contribution in [0.5, 0.6) is 0 Å². The predicted octanol–water partition coefficient (Wildman–Crippen LogP) is 4.05. The molecule has 1 aromatic carbocycles. The SMILES string of the molecule is CC1CCCCC1n1nc(Nc2cccc(CN3CCOCC3)c2)c2c(=O)[nH]ccc21. The molecule has 2 unspecified atom stereocenters.